The first-order valence-corrected chi connectivity index (χ1v) is 10.7. The fraction of sp³-hybridized carbons (Fsp3) is 0.550. The van der Waals surface area contributed by atoms with Crippen LogP contribution in [0.1, 0.15) is 52.0 Å². The van der Waals surface area contributed by atoms with Crippen LogP contribution < -0.4 is 9.47 Å². The predicted octanol–water partition coefficient (Wildman–Crippen LogP) is 7.11. The summed E-state index contributed by atoms with van der Waals surface area (Å²) in [5.74, 6) is 1.46. The van der Waals surface area contributed by atoms with Crippen molar-refractivity contribution < 1.29 is 14.3 Å². The minimum atomic E-state index is 0.371. The van der Waals surface area contributed by atoms with E-state index in [0.29, 0.717) is 34.5 Å². The average Bonchev–Trinajstić information content (AvgIpc) is 2.58. The number of aryl methyl sites for hydroxylation is 1. The van der Waals surface area contributed by atoms with Crippen LogP contribution in [-0.4, -0.2) is 25.5 Å². The number of hydrogen-bond acceptors (Lipinski definition) is 4. The Labute approximate surface area is 181 Å². The second kappa shape index (κ2) is 14.1. The fourth-order valence-electron chi connectivity index (χ4n) is 2.32. The van der Waals surface area contributed by atoms with Gasteiger partial charge in [0.15, 0.2) is 0 Å². The molecule has 0 amide bonds. The van der Waals surface area contributed by atoms with Crippen molar-refractivity contribution in [2.24, 2.45) is 5.16 Å². The lowest BCUT2D eigenvalue weighted by atomic mass is 10.1. The summed E-state index contributed by atoms with van der Waals surface area (Å²) >= 11 is 15.3. The van der Waals surface area contributed by atoms with Crippen LogP contribution >= 0.6 is 39.1 Å². The SMILES string of the molecule is CCCc1cc(OC/C=C(\Cl)Br)cc(Cl)c1OCCCCCON=C(C)C. The van der Waals surface area contributed by atoms with Crippen molar-refractivity contribution in [1.82, 2.24) is 0 Å². The first-order valence-electron chi connectivity index (χ1n) is 9.16. The lowest BCUT2D eigenvalue weighted by Crippen LogP contribution is -2.03. The number of hydrogen-bond donors (Lipinski definition) is 0. The largest absolute Gasteiger partial charge is 0.492 e. The van der Waals surface area contributed by atoms with E-state index in [4.69, 9.17) is 37.5 Å². The zero-order chi connectivity index (χ0) is 20.1. The van der Waals surface area contributed by atoms with E-state index in [1.807, 2.05) is 19.9 Å². The molecule has 4 nitrogen and oxygen atoms in total. The Balaban J connectivity index is 2.53. The molecule has 1 aromatic carbocycles. The summed E-state index contributed by atoms with van der Waals surface area (Å²) in [5, 5.41) is 4.49. The maximum absolute atomic E-state index is 6.43. The summed E-state index contributed by atoms with van der Waals surface area (Å²) < 4.78 is 12.2. The number of oxime groups is 1. The maximum Gasteiger partial charge on any atom is 0.141 e. The number of unbranched alkanes of at least 4 members (excludes halogenated alkanes) is 2. The Morgan fingerprint density at radius 1 is 1.15 bits per heavy atom. The van der Waals surface area contributed by atoms with Crippen molar-refractivity contribution in [3.05, 3.63) is 32.7 Å². The molecule has 0 heterocycles. The molecule has 0 radical (unpaired) electrons. The van der Waals surface area contributed by atoms with Gasteiger partial charge in [0, 0.05) is 6.07 Å². The van der Waals surface area contributed by atoms with E-state index in [1.54, 1.807) is 12.1 Å². The summed E-state index contributed by atoms with van der Waals surface area (Å²) in [4.78, 5) is 5.19. The first kappa shape index (κ1) is 24.1. The molecule has 0 saturated heterocycles. The Morgan fingerprint density at radius 2 is 1.89 bits per heavy atom. The number of ether oxygens (including phenoxy) is 2. The Kier molecular flexibility index (Phi) is 12.6. The monoisotopic (exact) mass is 479 g/mol. The van der Waals surface area contributed by atoms with Crippen LogP contribution in [0.4, 0.5) is 0 Å². The van der Waals surface area contributed by atoms with Crippen molar-refractivity contribution in [3.8, 4) is 11.5 Å². The Bertz CT molecular complexity index is 628. The number of rotatable bonds is 13. The van der Waals surface area contributed by atoms with Crippen LogP contribution in [0.5, 0.6) is 11.5 Å². The van der Waals surface area contributed by atoms with Gasteiger partial charge in [0.2, 0.25) is 0 Å². The van der Waals surface area contributed by atoms with Gasteiger partial charge in [-0.2, -0.15) is 0 Å². The topological polar surface area (TPSA) is 40.0 Å². The minimum Gasteiger partial charge on any atom is -0.492 e. The number of halogens is 3. The van der Waals surface area contributed by atoms with Crippen molar-refractivity contribution in [1.29, 1.82) is 0 Å². The first-order chi connectivity index (χ1) is 12.9. The highest BCUT2D eigenvalue weighted by Crippen LogP contribution is 2.34. The summed E-state index contributed by atoms with van der Waals surface area (Å²) in [7, 11) is 0. The van der Waals surface area contributed by atoms with Gasteiger partial charge >= 0.3 is 0 Å². The van der Waals surface area contributed by atoms with Gasteiger partial charge in [-0.15, -0.1) is 0 Å². The molecule has 0 atom stereocenters. The van der Waals surface area contributed by atoms with E-state index < -0.39 is 0 Å². The summed E-state index contributed by atoms with van der Waals surface area (Å²) in [6.07, 6.45) is 6.51. The average molecular weight is 481 g/mol. The molecule has 0 aliphatic carbocycles. The summed E-state index contributed by atoms with van der Waals surface area (Å²) in [5.41, 5.74) is 1.99. The molecule has 1 aromatic rings. The number of nitrogens with zero attached hydrogens (tertiary/aromatic N) is 1. The summed E-state index contributed by atoms with van der Waals surface area (Å²) in [6.45, 7) is 7.57. The maximum atomic E-state index is 6.43. The second-order valence-electron chi connectivity index (χ2n) is 6.23. The van der Waals surface area contributed by atoms with Gasteiger partial charge < -0.3 is 14.3 Å². The molecule has 152 valence electrons. The lowest BCUT2D eigenvalue weighted by Gasteiger charge is -2.15. The van der Waals surface area contributed by atoms with Gasteiger partial charge in [-0.3, -0.25) is 0 Å². The van der Waals surface area contributed by atoms with Gasteiger partial charge in [-0.05, 0) is 73.2 Å². The Morgan fingerprint density at radius 3 is 2.56 bits per heavy atom. The Hall–Kier alpha value is -0.910. The molecule has 0 aromatic heterocycles. The number of benzene rings is 1. The van der Waals surface area contributed by atoms with Crippen LogP contribution in [-0.2, 0) is 11.3 Å². The third-order valence-electron chi connectivity index (χ3n) is 3.47. The quantitative estimate of drug-likeness (QED) is 0.171. The molecule has 1 rings (SSSR count). The lowest BCUT2D eigenvalue weighted by molar-refractivity contribution is 0.138. The summed E-state index contributed by atoms with van der Waals surface area (Å²) in [6, 6.07) is 3.77. The highest BCUT2D eigenvalue weighted by atomic mass is 79.9. The zero-order valence-electron chi connectivity index (χ0n) is 16.2. The van der Waals surface area contributed by atoms with Gasteiger partial charge in [0.25, 0.3) is 0 Å². The normalized spacial score (nSPS) is 11.3. The highest BCUT2D eigenvalue weighted by Gasteiger charge is 2.11. The molecule has 0 N–H and O–H groups in total. The molecular formula is C20H28BrCl2NO3. The van der Waals surface area contributed by atoms with Gasteiger partial charge in [0.05, 0.1) is 21.3 Å². The minimum absolute atomic E-state index is 0.371. The van der Waals surface area contributed by atoms with E-state index in [9.17, 15) is 0 Å². The fourth-order valence-corrected chi connectivity index (χ4v) is 2.80. The molecule has 0 unspecified atom stereocenters. The zero-order valence-corrected chi connectivity index (χ0v) is 19.3. The molecular weight excluding hydrogens is 453 g/mol. The second-order valence-corrected chi connectivity index (χ2v) is 8.35. The van der Waals surface area contributed by atoms with E-state index in [0.717, 1.165) is 49.1 Å². The third-order valence-corrected chi connectivity index (χ3v) is 4.23. The molecule has 27 heavy (non-hydrogen) atoms. The van der Waals surface area contributed by atoms with Crippen LogP contribution in [0.15, 0.2) is 27.3 Å². The smallest absolute Gasteiger partial charge is 0.141 e. The van der Waals surface area contributed by atoms with Gasteiger partial charge in [-0.25, -0.2) is 0 Å². The molecule has 0 aliphatic heterocycles. The van der Waals surface area contributed by atoms with Crippen molar-refractivity contribution >= 4 is 44.8 Å². The molecule has 0 spiro atoms. The van der Waals surface area contributed by atoms with Gasteiger partial charge in [-0.1, -0.05) is 41.7 Å². The van der Waals surface area contributed by atoms with Crippen LogP contribution in [0.2, 0.25) is 5.02 Å². The molecule has 0 bridgehead atoms. The molecule has 0 aliphatic rings. The predicted molar refractivity (Wildman–Crippen MR) is 118 cm³/mol. The van der Waals surface area contributed by atoms with Crippen molar-refractivity contribution in [3.63, 3.8) is 0 Å². The van der Waals surface area contributed by atoms with E-state index >= 15 is 0 Å². The molecule has 0 saturated carbocycles. The van der Waals surface area contributed by atoms with Crippen molar-refractivity contribution in [2.75, 3.05) is 19.8 Å². The standard InChI is InChI=1S/C20H28BrCl2NO3/c1-4-8-16-13-17(25-12-9-19(21)23)14-18(22)20(16)26-10-6-5-7-11-27-24-15(2)3/h9,13-14H,4-8,10-12H2,1-3H3/b19-9-. The third kappa shape index (κ3) is 10.9. The van der Waals surface area contributed by atoms with Crippen LogP contribution in [0.25, 0.3) is 0 Å². The van der Waals surface area contributed by atoms with E-state index in [-0.39, 0.29) is 0 Å². The molecule has 7 heteroatoms. The highest BCUT2D eigenvalue weighted by molar-refractivity contribution is 9.12. The van der Waals surface area contributed by atoms with Gasteiger partial charge in [0.1, 0.15) is 24.7 Å². The molecule has 0 fully saturated rings. The van der Waals surface area contributed by atoms with Crippen LogP contribution in [0.3, 0.4) is 0 Å². The van der Waals surface area contributed by atoms with E-state index in [1.165, 1.54) is 0 Å². The van der Waals surface area contributed by atoms with Crippen molar-refractivity contribution in [2.45, 2.75) is 52.9 Å². The van der Waals surface area contributed by atoms with E-state index in [2.05, 4.69) is 28.0 Å². The van der Waals surface area contributed by atoms with Crippen LogP contribution in [0, 0.1) is 0 Å².